The van der Waals surface area contributed by atoms with Gasteiger partial charge in [-0.15, -0.1) is 0 Å². The highest BCUT2D eigenvalue weighted by Gasteiger charge is 2.25. The van der Waals surface area contributed by atoms with Crippen LogP contribution in [0.25, 0.3) is 0 Å². The van der Waals surface area contributed by atoms with E-state index < -0.39 is 20.0 Å². The Bertz CT molecular complexity index is 761. The average molecular weight is 397 g/mol. The van der Waals surface area contributed by atoms with E-state index in [9.17, 15) is 16.8 Å². The molecule has 1 atom stereocenters. The molecule has 1 saturated heterocycles. The molecule has 1 aromatic rings. The lowest BCUT2D eigenvalue weighted by Crippen LogP contribution is -2.41. The predicted octanol–water partition coefficient (Wildman–Crippen LogP) is 1.06. The van der Waals surface area contributed by atoms with Gasteiger partial charge in [0.25, 0.3) is 0 Å². The highest BCUT2D eigenvalue weighted by atomic mass is 35.5. The van der Waals surface area contributed by atoms with Crippen molar-refractivity contribution in [2.24, 2.45) is 0 Å². The lowest BCUT2D eigenvalue weighted by atomic mass is 10.2. The van der Waals surface area contributed by atoms with E-state index in [1.807, 2.05) is 0 Å². The van der Waals surface area contributed by atoms with Gasteiger partial charge >= 0.3 is 0 Å². The van der Waals surface area contributed by atoms with Gasteiger partial charge in [0.15, 0.2) is 0 Å². The Morgan fingerprint density at radius 1 is 1.33 bits per heavy atom. The zero-order valence-electron chi connectivity index (χ0n) is 13.3. The number of nitrogens with zero attached hydrogens (tertiary/aromatic N) is 1. The molecule has 24 heavy (non-hydrogen) atoms. The summed E-state index contributed by atoms with van der Waals surface area (Å²) in [4.78, 5) is 0.0417. The van der Waals surface area contributed by atoms with Crippen molar-refractivity contribution < 1.29 is 21.6 Å². The summed E-state index contributed by atoms with van der Waals surface area (Å²) < 4.78 is 57.2. The molecule has 136 valence electrons. The molecule has 1 aliphatic heterocycles. The molecule has 0 bridgehead atoms. The zero-order valence-corrected chi connectivity index (χ0v) is 15.7. The molecular weight excluding hydrogens is 376 g/mol. The standard InChI is InChI=1S/C14H21ClN2O5S2/c1-23(18,19)17(11-13-5-3-9-22-13)8-7-16-24(20,21)14-6-2-4-12(15)10-14/h2,4,6,10,13,16H,3,5,7-9,11H2,1H3. The van der Waals surface area contributed by atoms with Gasteiger partial charge in [-0.3, -0.25) is 0 Å². The Labute approximate surface area is 148 Å². The molecule has 1 fully saturated rings. The van der Waals surface area contributed by atoms with Crippen LogP contribution in [0.2, 0.25) is 5.02 Å². The highest BCUT2D eigenvalue weighted by molar-refractivity contribution is 7.89. The van der Waals surface area contributed by atoms with Gasteiger partial charge in [-0.05, 0) is 31.0 Å². The maximum absolute atomic E-state index is 12.2. The van der Waals surface area contributed by atoms with Gasteiger partial charge in [0.2, 0.25) is 20.0 Å². The minimum atomic E-state index is -3.74. The van der Waals surface area contributed by atoms with Gasteiger partial charge in [-0.25, -0.2) is 21.6 Å². The number of hydrogen-bond donors (Lipinski definition) is 1. The van der Waals surface area contributed by atoms with E-state index >= 15 is 0 Å². The van der Waals surface area contributed by atoms with E-state index in [4.69, 9.17) is 16.3 Å². The lowest BCUT2D eigenvalue weighted by Gasteiger charge is -2.23. The molecular formula is C14H21ClN2O5S2. The fourth-order valence-corrected chi connectivity index (χ4v) is 4.61. The number of halogens is 1. The Morgan fingerprint density at radius 2 is 2.08 bits per heavy atom. The van der Waals surface area contributed by atoms with Crippen molar-refractivity contribution in [3.8, 4) is 0 Å². The molecule has 0 spiro atoms. The summed E-state index contributed by atoms with van der Waals surface area (Å²) in [6.07, 6.45) is 2.68. The zero-order chi connectivity index (χ0) is 17.8. The normalized spacial score (nSPS) is 19.0. The van der Waals surface area contributed by atoms with Gasteiger partial charge in [-0.1, -0.05) is 17.7 Å². The van der Waals surface area contributed by atoms with Crippen LogP contribution in [0.5, 0.6) is 0 Å². The molecule has 1 N–H and O–H groups in total. The van der Waals surface area contributed by atoms with Crippen molar-refractivity contribution >= 4 is 31.6 Å². The summed E-state index contributed by atoms with van der Waals surface area (Å²) in [6, 6.07) is 5.88. The topological polar surface area (TPSA) is 92.8 Å². The molecule has 1 aliphatic rings. The SMILES string of the molecule is CS(=O)(=O)N(CCNS(=O)(=O)c1cccc(Cl)c1)CC1CCCO1. The monoisotopic (exact) mass is 396 g/mol. The number of hydrogen-bond acceptors (Lipinski definition) is 5. The second-order valence-corrected chi connectivity index (χ2v) is 9.80. The molecule has 2 rings (SSSR count). The van der Waals surface area contributed by atoms with Crippen LogP contribution < -0.4 is 4.72 Å². The summed E-state index contributed by atoms with van der Waals surface area (Å²) in [7, 11) is -7.18. The number of benzene rings is 1. The second kappa shape index (κ2) is 8.11. The van der Waals surface area contributed by atoms with Gasteiger partial charge < -0.3 is 4.74 Å². The van der Waals surface area contributed by atoms with Crippen LogP contribution in [0.15, 0.2) is 29.2 Å². The van der Waals surface area contributed by atoms with E-state index in [1.165, 1.54) is 22.5 Å². The third kappa shape index (κ3) is 5.68. The van der Waals surface area contributed by atoms with E-state index in [1.54, 1.807) is 6.07 Å². The van der Waals surface area contributed by atoms with Gasteiger partial charge in [0, 0.05) is 31.3 Å². The van der Waals surface area contributed by atoms with E-state index in [2.05, 4.69) is 4.72 Å². The van der Waals surface area contributed by atoms with E-state index in [-0.39, 0.29) is 30.6 Å². The van der Waals surface area contributed by atoms with Crippen molar-refractivity contribution in [2.45, 2.75) is 23.8 Å². The fraction of sp³-hybridized carbons (Fsp3) is 0.571. The molecule has 1 aromatic carbocycles. The lowest BCUT2D eigenvalue weighted by molar-refractivity contribution is 0.0943. The third-order valence-corrected chi connectivity index (χ3v) is 6.62. The molecule has 0 aliphatic carbocycles. The van der Waals surface area contributed by atoms with Crippen LogP contribution >= 0.6 is 11.6 Å². The second-order valence-electron chi connectivity index (χ2n) is 5.61. The molecule has 0 amide bonds. The Balaban J connectivity index is 1.96. The van der Waals surface area contributed by atoms with Gasteiger partial charge in [-0.2, -0.15) is 4.31 Å². The quantitative estimate of drug-likeness (QED) is 0.709. The molecule has 7 nitrogen and oxygen atoms in total. The first-order valence-electron chi connectivity index (χ1n) is 7.50. The van der Waals surface area contributed by atoms with E-state index in [0.29, 0.717) is 11.6 Å². The van der Waals surface area contributed by atoms with Crippen LogP contribution in [0.3, 0.4) is 0 Å². The number of rotatable bonds is 8. The Morgan fingerprint density at radius 3 is 2.67 bits per heavy atom. The van der Waals surface area contributed by atoms with Crippen LogP contribution in [0.4, 0.5) is 0 Å². The first-order chi connectivity index (χ1) is 11.2. The summed E-state index contributed by atoms with van der Waals surface area (Å²) >= 11 is 5.80. The fourth-order valence-electron chi connectivity index (χ4n) is 2.43. The smallest absolute Gasteiger partial charge is 0.240 e. The third-order valence-electron chi connectivity index (χ3n) is 3.66. The van der Waals surface area contributed by atoms with Gasteiger partial charge in [0.05, 0.1) is 17.3 Å². The molecule has 0 saturated carbocycles. The van der Waals surface area contributed by atoms with Crippen molar-refractivity contribution in [3.63, 3.8) is 0 Å². The molecule has 1 heterocycles. The van der Waals surface area contributed by atoms with Crippen molar-refractivity contribution in [1.82, 2.24) is 9.03 Å². The molecule has 10 heteroatoms. The number of sulfonamides is 2. The maximum Gasteiger partial charge on any atom is 0.240 e. The Kier molecular flexibility index (Phi) is 6.63. The minimum Gasteiger partial charge on any atom is -0.377 e. The maximum atomic E-state index is 12.2. The molecule has 1 unspecified atom stereocenters. The summed E-state index contributed by atoms with van der Waals surface area (Å²) in [5.41, 5.74) is 0. The Hall–Kier alpha value is -0.710. The van der Waals surface area contributed by atoms with Crippen molar-refractivity contribution in [2.75, 3.05) is 32.5 Å². The minimum absolute atomic E-state index is 0.0331. The highest BCUT2D eigenvalue weighted by Crippen LogP contribution is 2.16. The average Bonchev–Trinajstić information content (AvgIpc) is 2.98. The van der Waals surface area contributed by atoms with Crippen LogP contribution in [-0.2, 0) is 24.8 Å². The summed E-state index contributed by atoms with van der Waals surface area (Å²) in [5.74, 6) is 0. The van der Waals surface area contributed by atoms with Crippen LogP contribution in [-0.4, -0.2) is 59.7 Å². The van der Waals surface area contributed by atoms with Crippen molar-refractivity contribution in [1.29, 1.82) is 0 Å². The molecule has 0 aromatic heterocycles. The summed E-state index contributed by atoms with van der Waals surface area (Å²) in [5, 5.41) is 0.314. The largest absolute Gasteiger partial charge is 0.377 e. The molecule has 0 radical (unpaired) electrons. The van der Waals surface area contributed by atoms with E-state index in [0.717, 1.165) is 19.1 Å². The first-order valence-corrected chi connectivity index (χ1v) is 11.2. The first kappa shape index (κ1) is 19.6. The predicted molar refractivity (Wildman–Crippen MR) is 92.0 cm³/mol. The van der Waals surface area contributed by atoms with Crippen LogP contribution in [0.1, 0.15) is 12.8 Å². The summed E-state index contributed by atoms with van der Waals surface area (Å²) in [6.45, 7) is 0.870. The van der Waals surface area contributed by atoms with Crippen molar-refractivity contribution in [3.05, 3.63) is 29.3 Å². The number of ether oxygens (including phenoxy) is 1. The van der Waals surface area contributed by atoms with Gasteiger partial charge in [0.1, 0.15) is 0 Å². The number of nitrogens with one attached hydrogen (secondary N) is 1. The van der Waals surface area contributed by atoms with Crippen LogP contribution in [0, 0.1) is 0 Å².